The fourth-order valence-corrected chi connectivity index (χ4v) is 1.95. The average Bonchev–Trinajstić information content (AvgIpc) is 1.83. The smallest absolute Gasteiger partial charge is 0.0627 e. The SMILES string of the molecule is OC1CCOC(C2CCC2)C1. The van der Waals surface area contributed by atoms with Crippen molar-refractivity contribution in [2.45, 2.75) is 44.3 Å². The van der Waals surface area contributed by atoms with E-state index in [1.54, 1.807) is 0 Å². The van der Waals surface area contributed by atoms with E-state index in [4.69, 9.17) is 4.74 Å². The van der Waals surface area contributed by atoms with Crippen molar-refractivity contribution in [2.75, 3.05) is 6.61 Å². The van der Waals surface area contributed by atoms with Crippen LogP contribution in [0, 0.1) is 5.92 Å². The largest absolute Gasteiger partial charge is 0.393 e. The lowest BCUT2D eigenvalue weighted by molar-refractivity contribution is -0.0842. The minimum absolute atomic E-state index is 0.0886. The Morgan fingerprint density at radius 1 is 1.18 bits per heavy atom. The van der Waals surface area contributed by atoms with E-state index in [1.807, 2.05) is 0 Å². The molecule has 0 aromatic rings. The lowest BCUT2D eigenvalue weighted by atomic mass is 9.78. The molecule has 0 amide bonds. The van der Waals surface area contributed by atoms with Gasteiger partial charge in [0.1, 0.15) is 0 Å². The van der Waals surface area contributed by atoms with Crippen LogP contribution in [0.15, 0.2) is 0 Å². The summed E-state index contributed by atoms with van der Waals surface area (Å²) in [6.07, 6.45) is 6.00. The second-order valence-corrected chi connectivity index (χ2v) is 3.78. The molecule has 1 heterocycles. The molecule has 0 radical (unpaired) electrons. The Kier molecular flexibility index (Phi) is 2.14. The first-order chi connectivity index (χ1) is 5.36. The van der Waals surface area contributed by atoms with Crippen LogP contribution in [0.1, 0.15) is 32.1 Å². The molecular formula is C9H16O2. The average molecular weight is 156 g/mol. The van der Waals surface area contributed by atoms with Gasteiger partial charge in [-0.1, -0.05) is 6.42 Å². The van der Waals surface area contributed by atoms with Crippen LogP contribution in [0.25, 0.3) is 0 Å². The van der Waals surface area contributed by atoms with Gasteiger partial charge in [0, 0.05) is 6.61 Å². The predicted molar refractivity (Wildman–Crippen MR) is 42.3 cm³/mol. The third-order valence-corrected chi connectivity index (χ3v) is 2.96. The first-order valence-corrected chi connectivity index (χ1v) is 4.66. The normalized spacial score (nSPS) is 40.1. The van der Waals surface area contributed by atoms with Crippen molar-refractivity contribution in [3.8, 4) is 0 Å². The van der Waals surface area contributed by atoms with Gasteiger partial charge in [-0.3, -0.25) is 0 Å². The van der Waals surface area contributed by atoms with Crippen LogP contribution in [0.5, 0.6) is 0 Å². The first kappa shape index (κ1) is 7.56. The molecule has 0 aromatic carbocycles. The lowest BCUT2D eigenvalue weighted by Gasteiger charge is -2.37. The van der Waals surface area contributed by atoms with Gasteiger partial charge in [-0.05, 0) is 31.6 Å². The molecule has 2 nitrogen and oxygen atoms in total. The Bertz CT molecular complexity index is 132. The van der Waals surface area contributed by atoms with Crippen molar-refractivity contribution in [1.82, 2.24) is 0 Å². The Labute approximate surface area is 67.6 Å². The maximum absolute atomic E-state index is 9.37. The van der Waals surface area contributed by atoms with Gasteiger partial charge in [0.15, 0.2) is 0 Å². The molecule has 2 atom stereocenters. The van der Waals surface area contributed by atoms with Gasteiger partial charge in [-0.2, -0.15) is 0 Å². The third-order valence-electron chi connectivity index (χ3n) is 2.96. The van der Waals surface area contributed by atoms with Crippen LogP contribution in [0.4, 0.5) is 0 Å². The van der Waals surface area contributed by atoms with Gasteiger partial charge >= 0.3 is 0 Å². The molecule has 1 N–H and O–H groups in total. The Morgan fingerprint density at radius 3 is 2.55 bits per heavy atom. The summed E-state index contributed by atoms with van der Waals surface area (Å²) in [6, 6.07) is 0. The van der Waals surface area contributed by atoms with E-state index in [-0.39, 0.29) is 6.10 Å². The number of aliphatic hydroxyl groups excluding tert-OH is 1. The van der Waals surface area contributed by atoms with E-state index in [9.17, 15) is 5.11 Å². The quantitative estimate of drug-likeness (QED) is 0.620. The van der Waals surface area contributed by atoms with Crippen molar-refractivity contribution in [3.63, 3.8) is 0 Å². The summed E-state index contributed by atoms with van der Waals surface area (Å²) in [4.78, 5) is 0. The maximum Gasteiger partial charge on any atom is 0.0627 e. The highest BCUT2D eigenvalue weighted by Crippen LogP contribution is 2.34. The molecule has 1 aliphatic heterocycles. The Morgan fingerprint density at radius 2 is 2.00 bits per heavy atom. The van der Waals surface area contributed by atoms with E-state index in [0.29, 0.717) is 6.10 Å². The molecule has 11 heavy (non-hydrogen) atoms. The predicted octanol–water partition coefficient (Wildman–Crippen LogP) is 1.33. The zero-order valence-electron chi connectivity index (χ0n) is 6.83. The highest BCUT2D eigenvalue weighted by molar-refractivity contribution is 4.82. The lowest BCUT2D eigenvalue weighted by Crippen LogP contribution is -2.37. The fraction of sp³-hybridized carbons (Fsp3) is 1.00. The molecule has 2 heteroatoms. The summed E-state index contributed by atoms with van der Waals surface area (Å²) in [5.41, 5.74) is 0. The molecule has 2 fully saturated rings. The fourth-order valence-electron chi connectivity index (χ4n) is 1.95. The van der Waals surface area contributed by atoms with Crippen LogP contribution in [-0.4, -0.2) is 23.9 Å². The van der Waals surface area contributed by atoms with Gasteiger partial charge in [0.05, 0.1) is 12.2 Å². The number of hydrogen-bond donors (Lipinski definition) is 1. The Balaban J connectivity index is 1.82. The Hall–Kier alpha value is -0.0800. The van der Waals surface area contributed by atoms with Crippen LogP contribution in [0.2, 0.25) is 0 Å². The summed E-state index contributed by atoms with van der Waals surface area (Å²) in [6.45, 7) is 0.766. The molecule has 1 aliphatic carbocycles. The summed E-state index contributed by atoms with van der Waals surface area (Å²) in [5, 5.41) is 9.37. The van der Waals surface area contributed by atoms with E-state index >= 15 is 0 Å². The van der Waals surface area contributed by atoms with Gasteiger partial charge in [0.25, 0.3) is 0 Å². The van der Waals surface area contributed by atoms with Crippen LogP contribution in [0.3, 0.4) is 0 Å². The first-order valence-electron chi connectivity index (χ1n) is 4.66. The van der Waals surface area contributed by atoms with E-state index in [1.165, 1.54) is 19.3 Å². The second-order valence-electron chi connectivity index (χ2n) is 3.78. The highest BCUT2D eigenvalue weighted by Gasteiger charge is 2.31. The monoisotopic (exact) mass is 156 g/mol. The molecule has 2 rings (SSSR count). The number of hydrogen-bond acceptors (Lipinski definition) is 2. The van der Waals surface area contributed by atoms with Gasteiger partial charge in [0.2, 0.25) is 0 Å². The van der Waals surface area contributed by atoms with E-state index < -0.39 is 0 Å². The van der Waals surface area contributed by atoms with Gasteiger partial charge in [-0.15, -0.1) is 0 Å². The van der Waals surface area contributed by atoms with Crippen LogP contribution < -0.4 is 0 Å². The summed E-state index contributed by atoms with van der Waals surface area (Å²) in [7, 11) is 0. The molecule has 0 bridgehead atoms. The molecule has 2 aliphatic rings. The third kappa shape index (κ3) is 1.57. The highest BCUT2D eigenvalue weighted by atomic mass is 16.5. The standard InChI is InChI=1S/C9H16O2/c10-8-4-5-11-9(6-8)7-2-1-3-7/h7-10H,1-6H2. The second kappa shape index (κ2) is 3.11. The topological polar surface area (TPSA) is 29.5 Å². The number of rotatable bonds is 1. The minimum atomic E-state index is -0.0886. The molecular weight excluding hydrogens is 140 g/mol. The molecule has 0 spiro atoms. The molecule has 64 valence electrons. The van der Waals surface area contributed by atoms with Crippen molar-refractivity contribution in [1.29, 1.82) is 0 Å². The van der Waals surface area contributed by atoms with Gasteiger partial charge < -0.3 is 9.84 Å². The zero-order chi connectivity index (χ0) is 7.68. The molecule has 2 unspecified atom stereocenters. The van der Waals surface area contributed by atoms with Crippen molar-refractivity contribution < 1.29 is 9.84 Å². The van der Waals surface area contributed by atoms with Crippen molar-refractivity contribution >= 4 is 0 Å². The van der Waals surface area contributed by atoms with E-state index in [2.05, 4.69) is 0 Å². The summed E-state index contributed by atoms with van der Waals surface area (Å²) >= 11 is 0. The number of aliphatic hydroxyl groups is 1. The summed E-state index contributed by atoms with van der Waals surface area (Å²) < 4.78 is 5.59. The molecule has 1 saturated heterocycles. The van der Waals surface area contributed by atoms with Gasteiger partial charge in [-0.25, -0.2) is 0 Å². The molecule has 1 saturated carbocycles. The van der Waals surface area contributed by atoms with Crippen LogP contribution in [-0.2, 0) is 4.74 Å². The maximum atomic E-state index is 9.37. The summed E-state index contributed by atoms with van der Waals surface area (Å²) in [5.74, 6) is 0.768. The van der Waals surface area contributed by atoms with E-state index in [0.717, 1.165) is 25.4 Å². The van der Waals surface area contributed by atoms with Crippen molar-refractivity contribution in [2.24, 2.45) is 5.92 Å². The molecule has 0 aromatic heterocycles. The number of ether oxygens (including phenoxy) is 1. The van der Waals surface area contributed by atoms with Crippen LogP contribution >= 0.6 is 0 Å². The van der Waals surface area contributed by atoms with Crippen molar-refractivity contribution in [3.05, 3.63) is 0 Å². The zero-order valence-corrected chi connectivity index (χ0v) is 6.83. The minimum Gasteiger partial charge on any atom is -0.393 e.